The number of carbonyl (C=O) groups is 1. The Morgan fingerprint density at radius 3 is 2.78 bits per heavy atom. The van der Waals surface area contributed by atoms with E-state index in [9.17, 15) is 20.0 Å². The number of hydrogen-bond donors (Lipinski definition) is 1. The molecule has 8 nitrogen and oxygen atoms in total. The minimum absolute atomic E-state index is 0.0535. The van der Waals surface area contributed by atoms with E-state index >= 15 is 0 Å². The number of nitro benzene ring substituents is 1. The number of carbonyl (C=O) groups excluding carboxylic acids is 1. The van der Waals surface area contributed by atoms with Gasteiger partial charge in [-0.1, -0.05) is 23.4 Å². The highest BCUT2D eigenvalue weighted by molar-refractivity contribution is 6.31. The number of pyridine rings is 1. The average molecular weight is 387 g/mol. The molecule has 0 spiro atoms. The van der Waals surface area contributed by atoms with Crippen molar-refractivity contribution >= 4 is 45.5 Å². The molecule has 0 bridgehead atoms. The summed E-state index contributed by atoms with van der Waals surface area (Å²) in [4.78, 5) is 26.9. The Kier molecular flexibility index (Phi) is 5.09. The maximum absolute atomic E-state index is 12.3. The number of nitrogens with one attached hydrogen (secondary N) is 1. The van der Waals surface area contributed by atoms with Gasteiger partial charge in [0.25, 0.3) is 5.69 Å². The number of anilines is 2. The second-order valence-electron chi connectivity index (χ2n) is 5.49. The molecule has 0 aliphatic rings. The van der Waals surface area contributed by atoms with Gasteiger partial charge in [-0.2, -0.15) is 0 Å². The molecule has 0 amide bonds. The number of aromatic nitrogens is 1. The Balaban J connectivity index is 2.20. The smallest absolute Gasteiger partial charge is 0.341 e. The number of halogens is 1. The van der Waals surface area contributed by atoms with Gasteiger partial charge in [-0.25, -0.2) is 4.79 Å². The van der Waals surface area contributed by atoms with E-state index in [2.05, 4.69) is 10.3 Å². The first-order chi connectivity index (χ1) is 12.9. The molecule has 0 fully saturated rings. The largest absolute Gasteiger partial charge is 0.871 e. The second kappa shape index (κ2) is 7.46. The normalized spacial score (nSPS) is 10.6. The van der Waals surface area contributed by atoms with Gasteiger partial charge in [-0.15, -0.1) is 0 Å². The van der Waals surface area contributed by atoms with Crippen molar-refractivity contribution in [3.63, 3.8) is 0 Å². The second-order valence-corrected chi connectivity index (χ2v) is 5.93. The van der Waals surface area contributed by atoms with Crippen LogP contribution in [-0.4, -0.2) is 22.5 Å². The van der Waals surface area contributed by atoms with Gasteiger partial charge >= 0.3 is 5.97 Å². The molecule has 1 aromatic heterocycles. The molecule has 3 aromatic rings. The minimum atomic E-state index is -0.646. The lowest BCUT2D eigenvalue weighted by molar-refractivity contribution is -0.385. The number of esters is 1. The van der Waals surface area contributed by atoms with Crippen molar-refractivity contribution in [2.45, 2.75) is 6.92 Å². The number of hydrogen-bond acceptors (Lipinski definition) is 7. The van der Waals surface area contributed by atoms with Gasteiger partial charge in [0.15, 0.2) is 0 Å². The Morgan fingerprint density at radius 1 is 1.30 bits per heavy atom. The molecule has 0 saturated carbocycles. The summed E-state index contributed by atoms with van der Waals surface area (Å²) in [6.07, 6.45) is 1.32. The molecule has 3 rings (SSSR count). The number of fused-ring (bicyclic) bond motifs is 1. The maximum Gasteiger partial charge on any atom is 0.341 e. The third kappa shape index (κ3) is 3.75. The first kappa shape index (κ1) is 18.4. The third-order valence-electron chi connectivity index (χ3n) is 3.76. The van der Waals surface area contributed by atoms with Gasteiger partial charge in [0.05, 0.1) is 22.7 Å². The number of rotatable bonds is 5. The summed E-state index contributed by atoms with van der Waals surface area (Å²) < 4.78 is 5.04. The summed E-state index contributed by atoms with van der Waals surface area (Å²) in [5.41, 5.74) is 0.525. The first-order valence-electron chi connectivity index (χ1n) is 7.88. The number of benzene rings is 2. The molecule has 0 radical (unpaired) electrons. The molecule has 9 heteroatoms. The van der Waals surface area contributed by atoms with E-state index < -0.39 is 16.6 Å². The molecule has 0 unspecified atom stereocenters. The summed E-state index contributed by atoms with van der Waals surface area (Å²) in [5.74, 6) is -1.12. The van der Waals surface area contributed by atoms with Crippen molar-refractivity contribution in [3.05, 3.63) is 63.3 Å². The lowest BCUT2D eigenvalue weighted by Gasteiger charge is -2.18. The molecule has 0 aliphatic carbocycles. The standard InChI is InChI=1S/C18H14ClN3O5/c1-2-27-18(24)13-9-20-14-5-3-10(19)7-12(14)17(13)21-15-8-11(22(25)26)4-6-16(15)23/h3-9,23H,2H2,1H3,(H,20,21)/p-1. The SMILES string of the molecule is CCOC(=O)c1cnc2ccc(Cl)cc2c1Nc1cc([N+](=O)[O-])ccc1[O-]. The molecule has 2 aromatic carbocycles. The van der Waals surface area contributed by atoms with Crippen LogP contribution in [0.25, 0.3) is 10.9 Å². The number of nitrogens with zero attached hydrogens (tertiary/aromatic N) is 2. The number of ether oxygens (including phenoxy) is 1. The minimum Gasteiger partial charge on any atom is -0.871 e. The van der Waals surface area contributed by atoms with E-state index in [4.69, 9.17) is 16.3 Å². The van der Waals surface area contributed by atoms with Crippen LogP contribution in [0.15, 0.2) is 42.6 Å². The van der Waals surface area contributed by atoms with E-state index in [1.807, 2.05) is 0 Å². The van der Waals surface area contributed by atoms with Crippen molar-refractivity contribution < 1.29 is 19.6 Å². The quantitative estimate of drug-likeness (QED) is 0.402. The van der Waals surface area contributed by atoms with Gasteiger partial charge in [-0.05, 0) is 25.1 Å². The zero-order chi connectivity index (χ0) is 19.6. The van der Waals surface area contributed by atoms with Gasteiger partial charge in [-0.3, -0.25) is 15.1 Å². The Hall–Kier alpha value is -3.39. The van der Waals surface area contributed by atoms with E-state index in [1.54, 1.807) is 25.1 Å². The summed E-state index contributed by atoms with van der Waals surface area (Å²) in [5, 5.41) is 26.9. The van der Waals surface area contributed by atoms with Crippen molar-refractivity contribution in [1.29, 1.82) is 0 Å². The lowest BCUT2D eigenvalue weighted by atomic mass is 10.1. The van der Waals surface area contributed by atoms with E-state index in [0.717, 1.165) is 18.2 Å². The Bertz CT molecular complexity index is 1050. The lowest BCUT2D eigenvalue weighted by Crippen LogP contribution is -2.10. The van der Waals surface area contributed by atoms with Gasteiger partial charge < -0.3 is 15.2 Å². The summed E-state index contributed by atoms with van der Waals surface area (Å²) in [6.45, 7) is 1.81. The van der Waals surface area contributed by atoms with Crippen LogP contribution in [0.5, 0.6) is 5.75 Å². The zero-order valence-electron chi connectivity index (χ0n) is 14.1. The topological polar surface area (TPSA) is 117 Å². The average Bonchev–Trinajstić information content (AvgIpc) is 2.63. The maximum atomic E-state index is 12.3. The van der Waals surface area contributed by atoms with E-state index in [0.29, 0.717) is 15.9 Å². The molecule has 0 atom stereocenters. The van der Waals surface area contributed by atoms with E-state index in [1.165, 1.54) is 6.20 Å². The van der Waals surface area contributed by atoms with Crippen molar-refractivity contribution in [2.75, 3.05) is 11.9 Å². The fraction of sp³-hybridized carbons (Fsp3) is 0.111. The fourth-order valence-corrected chi connectivity index (χ4v) is 2.70. The predicted molar refractivity (Wildman–Crippen MR) is 98.5 cm³/mol. The molecular weight excluding hydrogens is 374 g/mol. The molecule has 138 valence electrons. The Morgan fingerprint density at radius 2 is 2.07 bits per heavy atom. The molecule has 1 N–H and O–H groups in total. The predicted octanol–water partition coefficient (Wildman–Crippen LogP) is 3.79. The van der Waals surface area contributed by atoms with Crippen LogP contribution >= 0.6 is 11.6 Å². The van der Waals surface area contributed by atoms with Crippen molar-refractivity contribution in [3.8, 4) is 5.75 Å². The van der Waals surface area contributed by atoms with Gasteiger partial charge in [0, 0.05) is 34.4 Å². The number of nitro groups is 1. The summed E-state index contributed by atoms with van der Waals surface area (Å²) in [7, 11) is 0. The van der Waals surface area contributed by atoms with E-state index in [-0.39, 0.29) is 29.2 Å². The van der Waals surface area contributed by atoms with Gasteiger partial charge in [0.1, 0.15) is 5.56 Å². The zero-order valence-corrected chi connectivity index (χ0v) is 14.8. The van der Waals surface area contributed by atoms with Crippen LogP contribution in [0, 0.1) is 10.1 Å². The molecule has 0 saturated heterocycles. The highest BCUT2D eigenvalue weighted by Gasteiger charge is 2.18. The van der Waals surface area contributed by atoms with Crippen molar-refractivity contribution in [1.82, 2.24) is 4.98 Å². The summed E-state index contributed by atoms with van der Waals surface area (Å²) >= 11 is 6.06. The summed E-state index contributed by atoms with van der Waals surface area (Å²) in [6, 6.07) is 8.17. The molecule has 0 aliphatic heterocycles. The molecule has 1 heterocycles. The van der Waals surface area contributed by atoms with Crippen molar-refractivity contribution in [2.24, 2.45) is 0 Å². The third-order valence-corrected chi connectivity index (χ3v) is 3.99. The van der Waals surface area contributed by atoms with Crippen LogP contribution in [-0.2, 0) is 4.74 Å². The number of non-ortho nitro benzene ring substituents is 1. The highest BCUT2D eigenvalue weighted by atomic mass is 35.5. The monoisotopic (exact) mass is 386 g/mol. The van der Waals surface area contributed by atoms with Crippen LogP contribution < -0.4 is 10.4 Å². The Labute approximate surface area is 158 Å². The fourth-order valence-electron chi connectivity index (χ4n) is 2.53. The van der Waals surface area contributed by atoms with Crippen LogP contribution in [0.1, 0.15) is 17.3 Å². The molecule has 27 heavy (non-hydrogen) atoms. The first-order valence-corrected chi connectivity index (χ1v) is 8.26. The van der Waals surface area contributed by atoms with Crippen LogP contribution in [0.2, 0.25) is 5.02 Å². The van der Waals surface area contributed by atoms with Crippen LogP contribution in [0.3, 0.4) is 0 Å². The highest BCUT2D eigenvalue weighted by Crippen LogP contribution is 2.35. The molecular formula is C18H13ClN3O5-. The van der Waals surface area contributed by atoms with Crippen LogP contribution in [0.4, 0.5) is 17.1 Å². The van der Waals surface area contributed by atoms with Gasteiger partial charge in [0.2, 0.25) is 0 Å².